The Kier molecular flexibility index (Phi) is 3.36. The number of nitrogens with one attached hydrogen (secondary N) is 1. The molecular weight excluding hydrogens is 264 g/mol. The number of rotatable bonds is 3. The largest absolute Gasteiger partial charge is 0.471 e. The first kappa shape index (κ1) is 13.6. The van der Waals surface area contributed by atoms with E-state index in [2.05, 4.69) is 30.5 Å². The Morgan fingerprint density at radius 2 is 1.95 bits per heavy atom. The molecule has 0 aliphatic heterocycles. The fourth-order valence-corrected chi connectivity index (χ4v) is 2.43. The molecule has 0 aromatic carbocycles. The fourth-order valence-electron chi connectivity index (χ4n) is 1.50. The topological polar surface area (TPSA) is 72.2 Å². The Hall–Kier alpha value is -1.82. The van der Waals surface area contributed by atoms with E-state index in [1.54, 1.807) is 12.3 Å². The van der Waals surface area contributed by atoms with Crippen LogP contribution in [0.5, 0.6) is 0 Å². The molecule has 0 radical (unpaired) electrons. The highest BCUT2D eigenvalue weighted by Crippen LogP contribution is 2.22. The third kappa shape index (κ3) is 3.14. The SMILES string of the molecule is CC(C)(C)c1ccc(NS(=O)(=O)c2ccoc2)nc1. The van der Waals surface area contributed by atoms with Crippen LogP contribution in [-0.2, 0) is 15.4 Å². The van der Waals surface area contributed by atoms with Gasteiger partial charge in [-0.1, -0.05) is 26.8 Å². The second-order valence-electron chi connectivity index (χ2n) is 5.25. The van der Waals surface area contributed by atoms with E-state index in [1.807, 2.05) is 6.07 Å². The van der Waals surface area contributed by atoms with Crippen molar-refractivity contribution in [1.29, 1.82) is 0 Å². The van der Waals surface area contributed by atoms with E-state index >= 15 is 0 Å². The summed E-state index contributed by atoms with van der Waals surface area (Å²) in [5.41, 5.74) is 1.02. The molecule has 0 atom stereocenters. The highest BCUT2D eigenvalue weighted by Gasteiger charge is 2.17. The van der Waals surface area contributed by atoms with Crippen molar-refractivity contribution in [3.63, 3.8) is 0 Å². The van der Waals surface area contributed by atoms with Crippen molar-refractivity contribution in [1.82, 2.24) is 4.98 Å². The van der Waals surface area contributed by atoms with Gasteiger partial charge in [-0.05, 0) is 23.1 Å². The van der Waals surface area contributed by atoms with Gasteiger partial charge in [0, 0.05) is 6.20 Å². The van der Waals surface area contributed by atoms with E-state index in [0.717, 1.165) is 5.56 Å². The first-order valence-electron chi connectivity index (χ1n) is 5.80. The van der Waals surface area contributed by atoms with E-state index in [9.17, 15) is 8.42 Å². The number of sulfonamides is 1. The van der Waals surface area contributed by atoms with Crippen LogP contribution < -0.4 is 4.72 Å². The number of anilines is 1. The normalized spacial score (nSPS) is 12.4. The Morgan fingerprint density at radius 3 is 2.42 bits per heavy atom. The van der Waals surface area contributed by atoms with Crippen molar-refractivity contribution in [3.8, 4) is 0 Å². The molecule has 102 valence electrons. The average molecular weight is 280 g/mol. The van der Waals surface area contributed by atoms with Gasteiger partial charge in [0.05, 0.1) is 6.26 Å². The van der Waals surface area contributed by atoms with Crippen molar-refractivity contribution < 1.29 is 12.8 Å². The molecule has 0 aliphatic rings. The summed E-state index contributed by atoms with van der Waals surface area (Å²) in [7, 11) is -3.62. The van der Waals surface area contributed by atoms with Crippen molar-refractivity contribution in [2.45, 2.75) is 31.1 Å². The van der Waals surface area contributed by atoms with Gasteiger partial charge >= 0.3 is 0 Å². The van der Waals surface area contributed by atoms with Crippen molar-refractivity contribution in [2.24, 2.45) is 0 Å². The molecule has 0 aliphatic carbocycles. The number of furan rings is 1. The van der Waals surface area contributed by atoms with Gasteiger partial charge < -0.3 is 4.42 Å². The molecular formula is C13H16N2O3S. The molecule has 0 saturated heterocycles. The van der Waals surface area contributed by atoms with Crippen LogP contribution in [0.15, 0.2) is 46.2 Å². The monoisotopic (exact) mass is 280 g/mol. The fraction of sp³-hybridized carbons (Fsp3) is 0.308. The van der Waals surface area contributed by atoms with Gasteiger partial charge in [0.1, 0.15) is 17.0 Å². The lowest BCUT2D eigenvalue weighted by molar-refractivity contribution is 0.557. The zero-order valence-electron chi connectivity index (χ0n) is 11.0. The minimum absolute atomic E-state index is 0.0189. The standard InChI is InChI=1S/C13H16N2O3S/c1-13(2,3)10-4-5-12(14-8-10)15-19(16,17)11-6-7-18-9-11/h4-9H,1-3H3,(H,14,15). The molecule has 2 aromatic heterocycles. The number of hydrogen-bond donors (Lipinski definition) is 1. The lowest BCUT2D eigenvalue weighted by Crippen LogP contribution is -2.15. The number of aromatic nitrogens is 1. The minimum atomic E-state index is -3.62. The summed E-state index contributed by atoms with van der Waals surface area (Å²) in [5.74, 6) is 0.286. The van der Waals surface area contributed by atoms with Gasteiger partial charge in [-0.3, -0.25) is 4.72 Å². The molecule has 0 bridgehead atoms. The van der Waals surface area contributed by atoms with Crippen LogP contribution in [0.2, 0.25) is 0 Å². The average Bonchev–Trinajstić information content (AvgIpc) is 2.82. The summed E-state index contributed by atoms with van der Waals surface area (Å²) < 4.78 is 31.0. The zero-order valence-corrected chi connectivity index (χ0v) is 11.9. The third-order valence-electron chi connectivity index (χ3n) is 2.67. The second kappa shape index (κ2) is 4.70. The van der Waals surface area contributed by atoms with Crippen molar-refractivity contribution in [3.05, 3.63) is 42.5 Å². The molecule has 19 heavy (non-hydrogen) atoms. The van der Waals surface area contributed by atoms with Crippen LogP contribution in [0.1, 0.15) is 26.3 Å². The Labute approximate surface area is 112 Å². The van der Waals surface area contributed by atoms with Gasteiger partial charge in [0.15, 0.2) is 0 Å². The smallest absolute Gasteiger partial charge is 0.266 e. The lowest BCUT2D eigenvalue weighted by atomic mass is 9.88. The van der Waals surface area contributed by atoms with Crippen LogP contribution in [0, 0.1) is 0 Å². The first-order chi connectivity index (χ1) is 8.79. The number of hydrogen-bond acceptors (Lipinski definition) is 4. The maximum absolute atomic E-state index is 11.9. The Morgan fingerprint density at radius 1 is 1.21 bits per heavy atom. The van der Waals surface area contributed by atoms with E-state index in [1.165, 1.54) is 18.6 Å². The predicted molar refractivity (Wildman–Crippen MR) is 72.5 cm³/mol. The third-order valence-corrected chi connectivity index (χ3v) is 4.00. The van der Waals surface area contributed by atoms with Crippen LogP contribution in [0.4, 0.5) is 5.82 Å². The van der Waals surface area contributed by atoms with E-state index < -0.39 is 10.0 Å². The summed E-state index contributed by atoms with van der Waals surface area (Å²) in [5, 5.41) is 0. The van der Waals surface area contributed by atoms with Crippen LogP contribution in [0.25, 0.3) is 0 Å². The number of nitrogens with zero attached hydrogens (tertiary/aromatic N) is 1. The minimum Gasteiger partial charge on any atom is -0.471 e. The molecule has 0 fully saturated rings. The van der Waals surface area contributed by atoms with Gasteiger partial charge in [-0.25, -0.2) is 13.4 Å². The summed E-state index contributed by atoms with van der Waals surface area (Å²) in [6.45, 7) is 6.21. The molecule has 1 N–H and O–H groups in total. The summed E-state index contributed by atoms with van der Waals surface area (Å²) in [6, 6.07) is 4.89. The molecule has 5 nitrogen and oxygen atoms in total. The molecule has 2 heterocycles. The first-order valence-corrected chi connectivity index (χ1v) is 7.29. The predicted octanol–water partition coefficient (Wildman–Crippen LogP) is 2.77. The van der Waals surface area contributed by atoms with Gasteiger partial charge in [0.25, 0.3) is 10.0 Å². The molecule has 0 saturated carbocycles. The van der Waals surface area contributed by atoms with Crippen LogP contribution >= 0.6 is 0 Å². The van der Waals surface area contributed by atoms with E-state index in [0.29, 0.717) is 0 Å². The summed E-state index contributed by atoms with van der Waals surface area (Å²) in [4.78, 5) is 4.20. The van der Waals surface area contributed by atoms with Gasteiger partial charge in [-0.2, -0.15) is 0 Å². The van der Waals surface area contributed by atoms with Gasteiger partial charge in [0.2, 0.25) is 0 Å². The highest BCUT2D eigenvalue weighted by atomic mass is 32.2. The molecule has 0 unspecified atom stereocenters. The van der Waals surface area contributed by atoms with E-state index in [4.69, 9.17) is 4.42 Å². The van der Waals surface area contributed by atoms with Crippen molar-refractivity contribution >= 4 is 15.8 Å². The molecule has 6 heteroatoms. The lowest BCUT2D eigenvalue weighted by Gasteiger charge is -2.18. The maximum atomic E-state index is 11.9. The van der Waals surface area contributed by atoms with Crippen LogP contribution in [0.3, 0.4) is 0 Å². The summed E-state index contributed by atoms with van der Waals surface area (Å²) >= 11 is 0. The molecule has 0 amide bonds. The van der Waals surface area contributed by atoms with Crippen molar-refractivity contribution in [2.75, 3.05) is 4.72 Å². The molecule has 2 aromatic rings. The molecule has 0 spiro atoms. The highest BCUT2D eigenvalue weighted by molar-refractivity contribution is 7.92. The summed E-state index contributed by atoms with van der Waals surface area (Å²) in [6.07, 6.45) is 4.16. The maximum Gasteiger partial charge on any atom is 0.266 e. The van der Waals surface area contributed by atoms with Gasteiger partial charge in [-0.15, -0.1) is 0 Å². The Balaban J connectivity index is 2.21. The second-order valence-corrected chi connectivity index (χ2v) is 6.93. The quantitative estimate of drug-likeness (QED) is 0.938. The number of pyridine rings is 1. The molecule has 2 rings (SSSR count). The van der Waals surface area contributed by atoms with Crippen LogP contribution in [-0.4, -0.2) is 13.4 Å². The zero-order chi connectivity index (χ0) is 14.1. The van der Waals surface area contributed by atoms with E-state index in [-0.39, 0.29) is 16.1 Å². The Bertz CT molecular complexity index is 638.